The van der Waals surface area contributed by atoms with Crippen LogP contribution in [0.1, 0.15) is 58.2 Å². The number of hydrogen-bond donors (Lipinski definition) is 1. The normalized spacial score (nSPS) is 12.4. The number of amides is 2. The molecule has 0 heterocycles. The Bertz CT molecular complexity index is 881. The summed E-state index contributed by atoms with van der Waals surface area (Å²) in [5.41, 5.74) is 3.38. The predicted octanol–water partition coefficient (Wildman–Crippen LogP) is 4.86. The molecule has 0 bridgehead atoms. The minimum atomic E-state index is -0.602. The van der Waals surface area contributed by atoms with Gasteiger partial charge in [0, 0.05) is 13.1 Å². The van der Waals surface area contributed by atoms with E-state index in [4.69, 9.17) is 4.74 Å². The predicted molar refractivity (Wildman–Crippen MR) is 130 cm³/mol. The van der Waals surface area contributed by atoms with Gasteiger partial charge < -0.3 is 15.0 Å². The number of hydrogen-bond acceptors (Lipinski definition) is 3. The first-order valence-electron chi connectivity index (χ1n) is 11.3. The lowest BCUT2D eigenvalue weighted by Crippen LogP contribution is -2.49. The van der Waals surface area contributed by atoms with E-state index in [1.165, 1.54) is 5.56 Å². The summed E-state index contributed by atoms with van der Waals surface area (Å²) in [6.07, 6.45) is 0. The van der Waals surface area contributed by atoms with Crippen molar-refractivity contribution in [1.82, 2.24) is 10.2 Å². The Labute approximate surface area is 193 Å². The number of rotatable bonds is 9. The van der Waals surface area contributed by atoms with E-state index in [0.29, 0.717) is 24.8 Å². The number of ether oxygens (including phenoxy) is 1. The highest BCUT2D eigenvalue weighted by molar-refractivity contribution is 5.87. The number of benzene rings is 2. The van der Waals surface area contributed by atoms with Crippen molar-refractivity contribution in [2.24, 2.45) is 5.92 Å². The van der Waals surface area contributed by atoms with Gasteiger partial charge >= 0.3 is 0 Å². The fourth-order valence-corrected chi connectivity index (χ4v) is 3.20. The molecule has 5 heteroatoms. The van der Waals surface area contributed by atoms with Gasteiger partial charge in [0.1, 0.15) is 11.8 Å². The van der Waals surface area contributed by atoms with Crippen LogP contribution in [0.2, 0.25) is 0 Å². The van der Waals surface area contributed by atoms with Crippen molar-refractivity contribution in [2.75, 3.05) is 13.2 Å². The van der Waals surface area contributed by atoms with E-state index in [-0.39, 0.29) is 23.8 Å². The van der Waals surface area contributed by atoms with E-state index in [0.717, 1.165) is 11.1 Å². The lowest BCUT2D eigenvalue weighted by atomic mass is 9.87. The lowest BCUT2D eigenvalue weighted by molar-refractivity contribution is -0.142. The minimum absolute atomic E-state index is 0.0535. The Morgan fingerprint density at radius 3 is 2.09 bits per heavy atom. The van der Waals surface area contributed by atoms with Gasteiger partial charge in [-0.2, -0.15) is 0 Å². The third kappa shape index (κ3) is 7.70. The average Bonchev–Trinajstić information content (AvgIpc) is 2.74. The third-order valence-corrected chi connectivity index (χ3v) is 5.41. The van der Waals surface area contributed by atoms with Crippen LogP contribution < -0.4 is 10.1 Å². The first kappa shape index (κ1) is 25.4. The van der Waals surface area contributed by atoms with Gasteiger partial charge in [-0.15, -0.1) is 0 Å². The van der Waals surface area contributed by atoms with Gasteiger partial charge in [0.25, 0.3) is 5.91 Å². The summed E-state index contributed by atoms with van der Waals surface area (Å²) >= 11 is 0. The zero-order chi connectivity index (χ0) is 23.9. The molecule has 2 rings (SSSR count). The number of nitrogens with zero attached hydrogens (tertiary/aromatic N) is 1. The van der Waals surface area contributed by atoms with E-state index >= 15 is 0 Å². The standard InChI is InChI=1S/C27H38N2O3/c1-19(2)16-28-26(31)21(4)29(17-22-10-8-20(3)9-11-22)25(30)18-32-24-14-12-23(13-15-24)27(5,6)7/h8-15,19,21H,16-18H2,1-7H3,(H,28,31)/t21-/m0/s1. The van der Waals surface area contributed by atoms with Crippen molar-refractivity contribution in [3.8, 4) is 5.75 Å². The van der Waals surface area contributed by atoms with Crippen molar-refractivity contribution < 1.29 is 14.3 Å². The van der Waals surface area contributed by atoms with Gasteiger partial charge in [0.15, 0.2) is 6.61 Å². The highest BCUT2D eigenvalue weighted by Crippen LogP contribution is 2.24. The molecule has 1 atom stereocenters. The largest absolute Gasteiger partial charge is 0.484 e. The van der Waals surface area contributed by atoms with Crippen molar-refractivity contribution in [2.45, 2.75) is 66.5 Å². The number of nitrogens with one attached hydrogen (secondary N) is 1. The summed E-state index contributed by atoms with van der Waals surface area (Å²) in [5, 5.41) is 2.93. The van der Waals surface area contributed by atoms with E-state index in [1.807, 2.05) is 69.3 Å². The molecule has 0 aliphatic heterocycles. The fourth-order valence-electron chi connectivity index (χ4n) is 3.20. The molecule has 0 spiro atoms. The highest BCUT2D eigenvalue weighted by atomic mass is 16.5. The molecule has 2 amide bonds. The van der Waals surface area contributed by atoms with E-state index in [1.54, 1.807) is 11.8 Å². The molecule has 0 saturated carbocycles. The summed E-state index contributed by atoms with van der Waals surface area (Å²) in [7, 11) is 0. The molecular weight excluding hydrogens is 400 g/mol. The maximum atomic E-state index is 13.1. The lowest BCUT2D eigenvalue weighted by Gasteiger charge is -2.29. The molecule has 0 aromatic heterocycles. The molecule has 0 aliphatic rings. The van der Waals surface area contributed by atoms with Crippen LogP contribution in [0.3, 0.4) is 0 Å². The topological polar surface area (TPSA) is 58.6 Å². The number of carbonyl (C=O) groups excluding carboxylic acids is 2. The minimum Gasteiger partial charge on any atom is -0.484 e. The molecule has 2 aromatic rings. The smallest absolute Gasteiger partial charge is 0.261 e. The van der Waals surface area contributed by atoms with Crippen LogP contribution in [0.5, 0.6) is 5.75 Å². The molecule has 2 aromatic carbocycles. The molecule has 0 fully saturated rings. The van der Waals surface area contributed by atoms with Crippen LogP contribution in [0, 0.1) is 12.8 Å². The van der Waals surface area contributed by atoms with Gasteiger partial charge in [-0.25, -0.2) is 0 Å². The number of aryl methyl sites for hydroxylation is 1. The van der Waals surface area contributed by atoms with Gasteiger partial charge in [-0.1, -0.05) is 76.6 Å². The van der Waals surface area contributed by atoms with Crippen LogP contribution in [0.4, 0.5) is 0 Å². The zero-order valence-electron chi connectivity index (χ0n) is 20.6. The number of carbonyl (C=O) groups is 2. The quantitative estimate of drug-likeness (QED) is 0.608. The fraction of sp³-hybridized carbons (Fsp3) is 0.481. The summed E-state index contributed by atoms with van der Waals surface area (Å²) in [6, 6.07) is 15.2. The molecule has 0 aliphatic carbocycles. The van der Waals surface area contributed by atoms with Crippen molar-refractivity contribution in [3.05, 3.63) is 65.2 Å². The first-order valence-corrected chi connectivity index (χ1v) is 11.3. The van der Waals surface area contributed by atoms with E-state index in [9.17, 15) is 9.59 Å². The maximum absolute atomic E-state index is 13.1. The average molecular weight is 439 g/mol. The highest BCUT2D eigenvalue weighted by Gasteiger charge is 2.26. The first-order chi connectivity index (χ1) is 15.0. The van der Waals surface area contributed by atoms with Gasteiger partial charge in [-0.05, 0) is 48.4 Å². The maximum Gasteiger partial charge on any atom is 0.261 e. The molecule has 0 saturated heterocycles. The molecule has 32 heavy (non-hydrogen) atoms. The Balaban J connectivity index is 2.11. The molecule has 1 N–H and O–H groups in total. The summed E-state index contributed by atoms with van der Waals surface area (Å²) in [6.45, 7) is 15.1. The Hall–Kier alpha value is -2.82. The van der Waals surface area contributed by atoms with Crippen LogP contribution in [-0.4, -0.2) is 35.9 Å². The van der Waals surface area contributed by atoms with Crippen LogP contribution >= 0.6 is 0 Å². The van der Waals surface area contributed by atoms with Crippen LogP contribution in [0.25, 0.3) is 0 Å². The zero-order valence-corrected chi connectivity index (χ0v) is 20.6. The van der Waals surface area contributed by atoms with Crippen LogP contribution in [0.15, 0.2) is 48.5 Å². The summed E-state index contributed by atoms with van der Waals surface area (Å²) in [5.74, 6) is 0.594. The van der Waals surface area contributed by atoms with Gasteiger partial charge in [0.2, 0.25) is 5.91 Å². The monoisotopic (exact) mass is 438 g/mol. The third-order valence-electron chi connectivity index (χ3n) is 5.41. The van der Waals surface area contributed by atoms with Crippen molar-refractivity contribution in [1.29, 1.82) is 0 Å². The Morgan fingerprint density at radius 1 is 0.969 bits per heavy atom. The Kier molecular flexibility index (Phi) is 8.88. The second kappa shape index (κ2) is 11.2. The molecular formula is C27H38N2O3. The second-order valence-corrected chi connectivity index (χ2v) is 9.89. The van der Waals surface area contributed by atoms with E-state index in [2.05, 4.69) is 26.1 Å². The molecule has 174 valence electrons. The SMILES string of the molecule is Cc1ccc(CN(C(=O)COc2ccc(C(C)(C)C)cc2)[C@@H](C)C(=O)NCC(C)C)cc1. The van der Waals surface area contributed by atoms with Crippen molar-refractivity contribution in [3.63, 3.8) is 0 Å². The van der Waals surface area contributed by atoms with Crippen LogP contribution in [-0.2, 0) is 21.5 Å². The molecule has 0 radical (unpaired) electrons. The van der Waals surface area contributed by atoms with Crippen molar-refractivity contribution >= 4 is 11.8 Å². The van der Waals surface area contributed by atoms with Gasteiger partial charge in [0.05, 0.1) is 0 Å². The Morgan fingerprint density at radius 2 is 1.56 bits per heavy atom. The molecule has 0 unspecified atom stereocenters. The molecule has 5 nitrogen and oxygen atoms in total. The summed E-state index contributed by atoms with van der Waals surface area (Å²) in [4.78, 5) is 27.4. The van der Waals surface area contributed by atoms with Gasteiger partial charge in [-0.3, -0.25) is 9.59 Å². The second-order valence-electron chi connectivity index (χ2n) is 9.89. The summed E-state index contributed by atoms with van der Waals surface area (Å²) < 4.78 is 5.78. The van der Waals surface area contributed by atoms with E-state index < -0.39 is 6.04 Å².